The third-order valence-corrected chi connectivity index (χ3v) is 2.57. The topological polar surface area (TPSA) is 37.3 Å². The molecule has 0 radical (unpaired) electrons. The molecule has 0 saturated carbocycles. The van der Waals surface area contributed by atoms with E-state index >= 15 is 0 Å². The van der Waals surface area contributed by atoms with Crippen LogP contribution in [0.25, 0.3) is 0 Å². The van der Waals surface area contributed by atoms with Gasteiger partial charge in [-0.1, -0.05) is 24.4 Å². The van der Waals surface area contributed by atoms with Crippen LogP contribution >= 0.6 is 24.0 Å². The van der Waals surface area contributed by atoms with Crippen LogP contribution in [0.15, 0.2) is 12.2 Å². The van der Waals surface area contributed by atoms with Gasteiger partial charge < -0.3 is 5.11 Å². The van der Waals surface area contributed by atoms with Gasteiger partial charge in [0, 0.05) is 4.20 Å². The van der Waals surface area contributed by atoms with Gasteiger partial charge in [-0.3, -0.25) is 4.79 Å². The van der Waals surface area contributed by atoms with Crippen LogP contribution in [0.2, 0.25) is 0 Å². The Bertz CT molecular complexity index is 187. The minimum Gasteiger partial charge on any atom is -0.481 e. The van der Waals surface area contributed by atoms with Crippen molar-refractivity contribution in [1.29, 1.82) is 0 Å². The van der Waals surface area contributed by atoms with Gasteiger partial charge in [0.25, 0.3) is 0 Å². The molecule has 0 rings (SSSR count). The lowest BCUT2D eigenvalue weighted by atomic mass is 10.3. The van der Waals surface area contributed by atoms with Crippen LogP contribution in [0.1, 0.15) is 19.3 Å². The van der Waals surface area contributed by atoms with Crippen molar-refractivity contribution >= 4 is 34.1 Å². The molecule has 0 heterocycles. The molecule has 2 nitrogen and oxygen atoms in total. The van der Waals surface area contributed by atoms with Gasteiger partial charge in [-0.2, -0.15) is 0 Å². The quantitative estimate of drug-likeness (QED) is 0.551. The van der Waals surface area contributed by atoms with Crippen molar-refractivity contribution in [2.75, 3.05) is 6.26 Å². The second kappa shape index (κ2) is 7.31. The highest BCUT2D eigenvalue weighted by molar-refractivity contribution is 8.22. The van der Waals surface area contributed by atoms with E-state index in [4.69, 9.17) is 17.3 Å². The molecule has 68 valence electrons. The summed E-state index contributed by atoms with van der Waals surface area (Å²) in [4.78, 5) is 10.1. The Kier molecular flexibility index (Phi) is 7.09. The highest BCUT2D eigenvalue weighted by Gasteiger charge is 1.91. The normalized spacial score (nSPS) is 10.4. The molecule has 0 aromatic carbocycles. The third kappa shape index (κ3) is 7.75. The van der Waals surface area contributed by atoms with E-state index in [9.17, 15) is 4.79 Å². The molecule has 0 aliphatic carbocycles. The Labute approximate surface area is 82.0 Å². The predicted molar refractivity (Wildman–Crippen MR) is 56.7 cm³/mol. The highest BCUT2D eigenvalue weighted by atomic mass is 32.2. The molecule has 0 aliphatic heterocycles. The molecular weight excluding hydrogens is 192 g/mol. The van der Waals surface area contributed by atoms with E-state index in [-0.39, 0.29) is 6.42 Å². The molecule has 0 unspecified atom stereocenters. The predicted octanol–water partition coefficient (Wildman–Crippen LogP) is 2.49. The van der Waals surface area contributed by atoms with Crippen LogP contribution in [-0.2, 0) is 4.79 Å². The van der Waals surface area contributed by atoms with Crippen LogP contribution in [0.3, 0.4) is 0 Å². The second-order valence-electron chi connectivity index (χ2n) is 2.18. The van der Waals surface area contributed by atoms with E-state index in [1.54, 1.807) is 17.8 Å². The summed E-state index contributed by atoms with van der Waals surface area (Å²) in [5, 5.41) is 8.29. The monoisotopic (exact) mass is 204 g/mol. The number of allylic oxidation sites excluding steroid dienone is 1. The molecule has 4 heteroatoms. The highest BCUT2D eigenvalue weighted by Crippen LogP contribution is 2.05. The molecule has 1 N–H and O–H groups in total. The lowest BCUT2D eigenvalue weighted by Crippen LogP contribution is -1.90. The maximum atomic E-state index is 10.1. The molecule has 0 fully saturated rings. The maximum Gasteiger partial charge on any atom is 0.307 e. The molecule has 0 aromatic heterocycles. The largest absolute Gasteiger partial charge is 0.481 e. The van der Waals surface area contributed by atoms with Gasteiger partial charge in [0.2, 0.25) is 0 Å². The van der Waals surface area contributed by atoms with Gasteiger partial charge >= 0.3 is 5.97 Å². The fraction of sp³-hybridized carbons (Fsp3) is 0.500. The van der Waals surface area contributed by atoms with Crippen molar-refractivity contribution in [2.45, 2.75) is 19.3 Å². The zero-order chi connectivity index (χ0) is 9.40. The number of rotatable bonds is 5. The minimum atomic E-state index is -0.793. The van der Waals surface area contributed by atoms with Crippen molar-refractivity contribution in [3.63, 3.8) is 0 Å². The van der Waals surface area contributed by atoms with Gasteiger partial charge in [-0.25, -0.2) is 0 Å². The fourth-order valence-electron chi connectivity index (χ4n) is 0.605. The SMILES string of the molecule is CSC(=S)CC/C=C/CC(=O)O. The number of thioether (sulfide) groups is 1. The summed E-state index contributed by atoms with van der Waals surface area (Å²) >= 11 is 6.54. The van der Waals surface area contributed by atoms with Gasteiger partial charge in [0.15, 0.2) is 0 Å². The minimum absolute atomic E-state index is 0.103. The van der Waals surface area contributed by atoms with Crippen LogP contribution in [-0.4, -0.2) is 21.5 Å². The number of hydrogen-bond acceptors (Lipinski definition) is 3. The molecule has 0 bridgehead atoms. The number of carboxylic acids is 1. The van der Waals surface area contributed by atoms with Gasteiger partial charge in [0.05, 0.1) is 6.42 Å². The smallest absolute Gasteiger partial charge is 0.307 e. The van der Waals surface area contributed by atoms with Gasteiger partial charge in [-0.05, 0) is 19.1 Å². The maximum absolute atomic E-state index is 10.1. The molecule has 0 saturated heterocycles. The first kappa shape index (κ1) is 11.6. The van der Waals surface area contributed by atoms with E-state index in [0.717, 1.165) is 17.0 Å². The molecule has 12 heavy (non-hydrogen) atoms. The lowest BCUT2D eigenvalue weighted by molar-refractivity contribution is -0.136. The van der Waals surface area contributed by atoms with Crippen LogP contribution in [0, 0.1) is 0 Å². The summed E-state index contributed by atoms with van der Waals surface area (Å²) in [6, 6.07) is 0. The molecule has 0 amide bonds. The third-order valence-electron chi connectivity index (χ3n) is 1.20. The molecule has 0 atom stereocenters. The first-order valence-electron chi connectivity index (χ1n) is 3.60. The van der Waals surface area contributed by atoms with Gasteiger partial charge in [0.1, 0.15) is 0 Å². The molecule has 0 aliphatic rings. The standard InChI is InChI=1S/C8H12O2S2/c1-12-8(11)6-4-2-3-5-7(9)10/h2-3H,4-6H2,1H3,(H,9,10)/b3-2+. The summed E-state index contributed by atoms with van der Waals surface area (Å²) < 4.78 is 0.968. The van der Waals surface area contributed by atoms with Crippen LogP contribution in [0.4, 0.5) is 0 Å². The second-order valence-corrected chi connectivity index (χ2v) is 3.84. The van der Waals surface area contributed by atoms with Crippen molar-refractivity contribution in [3.8, 4) is 0 Å². The van der Waals surface area contributed by atoms with Gasteiger partial charge in [-0.15, -0.1) is 11.8 Å². The molecule has 0 spiro atoms. The average molecular weight is 204 g/mol. The van der Waals surface area contributed by atoms with Crippen molar-refractivity contribution in [3.05, 3.63) is 12.2 Å². The van der Waals surface area contributed by atoms with Crippen LogP contribution in [0.5, 0.6) is 0 Å². The number of aliphatic carboxylic acids is 1. The van der Waals surface area contributed by atoms with E-state index in [1.165, 1.54) is 0 Å². The number of hydrogen-bond donors (Lipinski definition) is 1. The zero-order valence-corrected chi connectivity index (χ0v) is 8.58. The zero-order valence-electron chi connectivity index (χ0n) is 6.95. The Balaban J connectivity index is 3.36. The number of carboxylic acid groups (broad SMARTS) is 1. The molecule has 0 aromatic rings. The van der Waals surface area contributed by atoms with E-state index in [1.807, 2.05) is 12.3 Å². The molecular formula is C8H12O2S2. The van der Waals surface area contributed by atoms with Crippen molar-refractivity contribution in [1.82, 2.24) is 0 Å². The number of thiocarbonyl (C=S) groups is 1. The Hall–Kier alpha value is -0.350. The van der Waals surface area contributed by atoms with Crippen molar-refractivity contribution in [2.24, 2.45) is 0 Å². The number of carbonyl (C=O) groups is 1. The summed E-state index contributed by atoms with van der Waals surface area (Å²) in [6.45, 7) is 0. The van der Waals surface area contributed by atoms with E-state index in [2.05, 4.69) is 0 Å². The fourth-order valence-corrected chi connectivity index (χ4v) is 1.05. The van der Waals surface area contributed by atoms with E-state index in [0.29, 0.717) is 0 Å². The summed E-state index contributed by atoms with van der Waals surface area (Å²) in [6.07, 6.45) is 7.26. The first-order valence-corrected chi connectivity index (χ1v) is 5.23. The lowest BCUT2D eigenvalue weighted by Gasteiger charge is -1.93. The first-order chi connectivity index (χ1) is 5.66. The Morgan fingerprint density at radius 3 is 2.75 bits per heavy atom. The van der Waals surface area contributed by atoms with Crippen molar-refractivity contribution < 1.29 is 9.90 Å². The van der Waals surface area contributed by atoms with E-state index < -0.39 is 5.97 Å². The Morgan fingerprint density at radius 1 is 1.58 bits per heavy atom. The summed E-state index contributed by atoms with van der Waals surface area (Å²) in [5.41, 5.74) is 0. The summed E-state index contributed by atoms with van der Waals surface area (Å²) in [5.74, 6) is -0.793. The average Bonchev–Trinajstić information content (AvgIpc) is 2.03. The Morgan fingerprint density at radius 2 is 2.25 bits per heavy atom. The summed E-state index contributed by atoms with van der Waals surface area (Å²) in [7, 11) is 0. The van der Waals surface area contributed by atoms with Crippen LogP contribution < -0.4 is 0 Å².